The van der Waals surface area contributed by atoms with E-state index in [4.69, 9.17) is 4.74 Å². The number of aryl methyl sites for hydroxylation is 1. The van der Waals surface area contributed by atoms with Crippen LogP contribution in [-0.2, 0) is 16.0 Å². The number of benzene rings is 3. The zero-order valence-electron chi connectivity index (χ0n) is 19.8. The fourth-order valence-corrected chi connectivity index (χ4v) is 5.12. The predicted octanol–water partition coefficient (Wildman–Crippen LogP) is 5.60. The summed E-state index contributed by atoms with van der Waals surface area (Å²) in [5.41, 5.74) is 2.57. The fourth-order valence-electron chi connectivity index (χ4n) is 3.81. The van der Waals surface area contributed by atoms with Gasteiger partial charge in [0.25, 0.3) is 5.91 Å². The van der Waals surface area contributed by atoms with Crippen LogP contribution in [0.3, 0.4) is 0 Å². The summed E-state index contributed by atoms with van der Waals surface area (Å²) >= 11 is 1.16. The summed E-state index contributed by atoms with van der Waals surface area (Å²) in [5.74, 6) is -0.576. The van der Waals surface area contributed by atoms with Crippen molar-refractivity contribution in [2.45, 2.75) is 25.5 Å². The highest BCUT2D eigenvalue weighted by Crippen LogP contribution is 2.42. The molecule has 182 valence electrons. The second-order valence-electron chi connectivity index (χ2n) is 8.10. The van der Waals surface area contributed by atoms with Crippen molar-refractivity contribution in [2.24, 2.45) is 0 Å². The Labute approximate surface area is 213 Å². The van der Waals surface area contributed by atoms with Crippen molar-refractivity contribution in [2.75, 3.05) is 16.8 Å². The Kier molecular flexibility index (Phi) is 7.71. The Bertz CT molecular complexity index is 1350. The van der Waals surface area contributed by atoms with Gasteiger partial charge in [-0.15, -0.1) is 0 Å². The quantitative estimate of drug-likeness (QED) is 0.337. The fraction of sp³-hybridized carbons (Fsp3) is 0.179. The van der Waals surface area contributed by atoms with E-state index >= 15 is 0 Å². The van der Waals surface area contributed by atoms with Gasteiger partial charge in [0, 0.05) is 11.4 Å². The van der Waals surface area contributed by atoms with Crippen molar-refractivity contribution in [3.63, 3.8) is 0 Å². The van der Waals surface area contributed by atoms with Gasteiger partial charge in [0.2, 0.25) is 5.91 Å². The topological polar surface area (TPSA) is 82.4 Å². The zero-order chi connectivity index (χ0) is 25.7. The van der Waals surface area contributed by atoms with Gasteiger partial charge >= 0.3 is 0 Å². The first kappa shape index (κ1) is 25.0. The van der Waals surface area contributed by atoms with Crippen molar-refractivity contribution < 1.29 is 18.7 Å². The monoisotopic (exact) mass is 501 g/mol. The maximum absolute atomic E-state index is 13.6. The molecule has 8 heteroatoms. The average Bonchev–Trinajstić information content (AvgIpc) is 3.18. The minimum atomic E-state index is -0.597. The third-order valence-corrected chi connectivity index (χ3v) is 6.90. The van der Waals surface area contributed by atoms with Crippen LogP contribution in [0.4, 0.5) is 15.8 Å². The molecule has 1 aliphatic rings. The van der Waals surface area contributed by atoms with Crippen molar-refractivity contribution >= 4 is 35.0 Å². The number of carbonyl (C=O) groups excluding carboxylic acids is 2. The Morgan fingerprint density at radius 2 is 1.81 bits per heavy atom. The van der Waals surface area contributed by atoms with E-state index in [1.165, 1.54) is 17.0 Å². The minimum Gasteiger partial charge on any atom is -0.494 e. The predicted molar refractivity (Wildman–Crippen MR) is 139 cm³/mol. The SMILES string of the molecule is CCOc1ccc(N2C(=O)C(Cc3ccc(F)cc3)S/C2=C(/C#N)C(=O)Nc2ccccc2C)cc1. The first-order valence-electron chi connectivity index (χ1n) is 11.4. The Morgan fingerprint density at radius 3 is 2.44 bits per heavy atom. The molecule has 0 aliphatic carbocycles. The Balaban J connectivity index is 1.72. The van der Waals surface area contributed by atoms with E-state index in [0.29, 0.717) is 30.2 Å². The third kappa shape index (κ3) is 5.42. The highest BCUT2D eigenvalue weighted by molar-refractivity contribution is 8.05. The third-order valence-electron chi connectivity index (χ3n) is 5.64. The molecule has 3 aromatic carbocycles. The van der Waals surface area contributed by atoms with Crippen LogP contribution in [0.2, 0.25) is 0 Å². The summed E-state index contributed by atoms with van der Waals surface area (Å²) in [6, 6.07) is 22.1. The highest BCUT2D eigenvalue weighted by atomic mass is 32.2. The molecule has 1 heterocycles. The smallest absolute Gasteiger partial charge is 0.269 e. The van der Waals surface area contributed by atoms with Crippen molar-refractivity contribution in [3.05, 3.63) is 100 Å². The zero-order valence-corrected chi connectivity index (χ0v) is 20.6. The number of nitrogens with zero attached hydrogens (tertiary/aromatic N) is 2. The van der Waals surface area contributed by atoms with Gasteiger partial charge in [-0.1, -0.05) is 42.1 Å². The van der Waals surface area contributed by atoms with Crippen LogP contribution < -0.4 is 15.0 Å². The van der Waals surface area contributed by atoms with Crippen LogP contribution in [0.25, 0.3) is 0 Å². The van der Waals surface area contributed by atoms with Crippen LogP contribution in [0.1, 0.15) is 18.1 Å². The molecule has 36 heavy (non-hydrogen) atoms. The summed E-state index contributed by atoms with van der Waals surface area (Å²) in [6.07, 6.45) is 0.318. The molecule has 1 saturated heterocycles. The molecule has 0 radical (unpaired) electrons. The molecule has 2 amide bonds. The number of nitrogens with one attached hydrogen (secondary N) is 1. The van der Waals surface area contributed by atoms with Crippen molar-refractivity contribution in [3.8, 4) is 11.8 Å². The van der Waals surface area contributed by atoms with Gasteiger partial charge in [-0.2, -0.15) is 5.26 Å². The molecule has 4 rings (SSSR count). The number of ether oxygens (including phenoxy) is 1. The maximum atomic E-state index is 13.6. The van der Waals surface area contributed by atoms with E-state index in [1.807, 2.05) is 32.0 Å². The van der Waals surface area contributed by atoms with Crippen molar-refractivity contribution in [1.29, 1.82) is 5.26 Å². The number of para-hydroxylation sites is 1. The summed E-state index contributed by atoms with van der Waals surface area (Å²) in [7, 11) is 0. The van der Waals surface area contributed by atoms with Gasteiger partial charge in [-0.05, 0) is 73.9 Å². The molecule has 0 aromatic heterocycles. The lowest BCUT2D eigenvalue weighted by Gasteiger charge is -2.19. The van der Waals surface area contributed by atoms with Gasteiger partial charge in [-0.25, -0.2) is 4.39 Å². The first-order chi connectivity index (χ1) is 17.4. The van der Waals surface area contributed by atoms with Crippen LogP contribution in [0.5, 0.6) is 5.75 Å². The number of amides is 2. The van der Waals surface area contributed by atoms with E-state index < -0.39 is 11.2 Å². The minimum absolute atomic E-state index is 0.160. The van der Waals surface area contributed by atoms with Crippen LogP contribution in [-0.4, -0.2) is 23.7 Å². The molecule has 1 aliphatic heterocycles. The number of thioether (sulfide) groups is 1. The number of anilines is 2. The standard InChI is InChI=1S/C28H24FN3O3S/c1-3-35-22-14-12-21(13-15-22)32-27(34)25(16-19-8-10-20(29)11-9-19)36-28(32)23(17-30)26(33)31-24-7-5-4-6-18(24)2/h4-15,25H,3,16H2,1-2H3,(H,31,33)/b28-23-. The summed E-state index contributed by atoms with van der Waals surface area (Å²) < 4.78 is 18.9. The first-order valence-corrected chi connectivity index (χ1v) is 12.3. The molecule has 1 unspecified atom stereocenters. The lowest BCUT2D eigenvalue weighted by Crippen LogP contribution is -2.31. The van der Waals surface area contributed by atoms with E-state index in [1.54, 1.807) is 48.5 Å². The lowest BCUT2D eigenvalue weighted by molar-refractivity contribution is -0.117. The summed E-state index contributed by atoms with van der Waals surface area (Å²) in [4.78, 5) is 28.2. The van der Waals surface area contributed by atoms with Gasteiger partial charge in [-0.3, -0.25) is 14.5 Å². The van der Waals surface area contributed by atoms with Crippen LogP contribution in [0, 0.1) is 24.1 Å². The van der Waals surface area contributed by atoms with Gasteiger partial charge < -0.3 is 10.1 Å². The largest absolute Gasteiger partial charge is 0.494 e. The Hall–Kier alpha value is -4.09. The highest BCUT2D eigenvalue weighted by Gasteiger charge is 2.40. The van der Waals surface area contributed by atoms with Crippen LogP contribution >= 0.6 is 11.8 Å². The molecule has 1 atom stereocenters. The number of hydrogen-bond acceptors (Lipinski definition) is 5. The van der Waals surface area contributed by atoms with Crippen molar-refractivity contribution in [1.82, 2.24) is 0 Å². The van der Waals surface area contributed by atoms with Gasteiger partial charge in [0.15, 0.2) is 0 Å². The molecule has 6 nitrogen and oxygen atoms in total. The number of halogens is 1. The van der Waals surface area contributed by atoms with Gasteiger partial charge in [0.05, 0.1) is 11.9 Å². The molecule has 0 bridgehead atoms. The molecular formula is C28H24FN3O3S. The molecule has 1 N–H and O–H groups in total. The summed E-state index contributed by atoms with van der Waals surface area (Å²) in [6.45, 7) is 4.23. The maximum Gasteiger partial charge on any atom is 0.269 e. The van der Waals surface area contributed by atoms with Crippen LogP contribution in [0.15, 0.2) is 83.4 Å². The number of rotatable bonds is 7. The molecule has 0 saturated carbocycles. The van der Waals surface area contributed by atoms with E-state index in [9.17, 15) is 19.2 Å². The van der Waals surface area contributed by atoms with E-state index in [2.05, 4.69) is 5.32 Å². The number of carbonyl (C=O) groups is 2. The second-order valence-corrected chi connectivity index (χ2v) is 9.29. The number of hydrogen-bond donors (Lipinski definition) is 1. The van der Waals surface area contributed by atoms with E-state index in [0.717, 1.165) is 22.9 Å². The lowest BCUT2D eigenvalue weighted by atomic mass is 10.1. The molecular weight excluding hydrogens is 477 g/mol. The Morgan fingerprint density at radius 1 is 1.11 bits per heavy atom. The molecule has 3 aromatic rings. The number of nitriles is 1. The second kappa shape index (κ2) is 11.1. The average molecular weight is 502 g/mol. The van der Waals surface area contributed by atoms with Gasteiger partial charge in [0.1, 0.15) is 28.2 Å². The molecule has 0 spiro atoms. The molecule has 1 fully saturated rings. The van der Waals surface area contributed by atoms with E-state index in [-0.39, 0.29) is 22.3 Å². The summed E-state index contributed by atoms with van der Waals surface area (Å²) in [5, 5.41) is 12.4. The normalized spacial score (nSPS) is 16.4.